The largest absolute Gasteiger partial charge is 0.472 e. The average molecular weight is 253 g/mol. The van der Waals surface area contributed by atoms with E-state index in [0.717, 1.165) is 24.0 Å². The van der Waals surface area contributed by atoms with Crippen molar-refractivity contribution >= 4 is 5.78 Å². The van der Waals surface area contributed by atoms with E-state index in [4.69, 9.17) is 4.74 Å². The number of carbonyl (C=O) groups excluding carboxylic acids is 1. The van der Waals surface area contributed by atoms with Crippen LogP contribution in [0.5, 0.6) is 5.88 Å². The lowest BCUT2D eigenvalue weighted by Gasteiger charge is -2.17. The summed E-state index contributed by atoms with van der Waals surface area (Å²) in [4.78, 5) is 16.2. The van der Waals surface area contributed by atoms with Gasteiger partial charge in [0.05, 0.1) is 5.56 Å². The van der Waals surface area contributed by atoms with Gasteiger partial charge in [0.1, 0.15) is 6.61 Å². The van der Waals surface area contributed by atoms with Crippen LogP contribution in [0.15, 0.2) is 42.6 Å². The quantitative estimate of drug-likeness (QED) is 0.843. The first kappa shape index (κ1) is 11.9. The van der Waals surface area contributed by atoms with E-state index in [1.165, 1.54) is 0 Å². The third-order valence-electron chi connectivity index (χ3n) is 3.35. The van der Waals surface area contributed by atoms with E-state index in [0.29, 0.717) is 24.5 Å². The zero-order valence-electron chi connectivity index (χ0n) is 10.6. The summed E-state index contributed by atoms with van der Waals surface area (Å²) in [6.07, 6.45) is 4.18. The maximum atomic E-state index is 12.0. The second kappa shape index (κ2) is 5.22. The van der Waals surface area contributed by atoms with E-state index in [1.54, 1.807) is 6.20 Å². The summed E-state index contributed by atoms with van der Waals surface area (Å²) < 4.78 is 5.73. The van der Waals surface area contributed by atoms with Gasteiger partial charge in [-0.3, -0.25) is 4.79 Å². The Balaban J connectivity index is 1.84. The van der Waals surface area contributed by atoms with Gasteiger partial charge < -0.3 is 4.74 Å². The predicted octanol–water partition coefficient (Wildman–Crippen LogP) is 3.18. The van der Waals surface area contributed by atoms with Gasteiger partial charge in [-0.25, -0.2) is 4.98 Å². The number of fused-ring (bicyclic) bond motifs is 1. The number of hydrogen-bond donors (Lipinski definition) is 0. The maximum absolute atomic E-state index is 12.0. The van der Waals surface area contributed by atoms with Crippen molar-refractivity contribution in [1.29, 1.82) is 0 Å². The molecule has 1 aromatic heterocycles. The third-order valence-corrected chi connectivity index (χ3v) is 3.35. The van der Waals surface area contributed by atoms with Crippen LogP contribution in [0, 0.1) is 0 Å². The Morgan fingerprint density at radius 3 is 2.79 bits per heavy atom. The van der Waals surface area contributed by atoms with Gasteiger partial charge in [0.2, 0.25) is 5.88 Å². The SMILES string of the molecule is O=C1CCCc2ccnc(OCc3ccccc3)c21. The Hall–Kier alpha value is -2.16. The minimum atomic E-state index is 0.150. The van der Waals surface area contributed by atoms with E-state index in [9.17, 15) is 4.79 Å². The molecule has 3 nitrogen and oxygen atoms in total. The fraction of sp³-hybridized carbons (Fsp3) is 0.250. The zero-order valence-corrected chi connectivity index (χ0v) is 10.6. The van der Waals surface area contributed by atoms with E-state index >= 15 is 0 Å². The lowest BCUT2D eigenvalue weighted by atomic mass is 9.92. The number of hydrogen-bond acceptors (Lipinski definition) is 3. The number of aromatic nitrogens is 1. The van der Waals surface area contributed by atoms with Gasteiger partial charge in [0, 0.05) is 12.6 Å². The number of benzene rings is 1. The molecule has 1 aliphatic carbocycles. The minimum Gasteiger partial charge on any atom is -0.472 e. The molecule has 0 unspecified atom stereocenters. The summed E-state index contributed by atoms with van der Waals surface area (Å²) >= 11 is 0. The molecule has 1 aromatic carbocycles. The first-order valence-corrected chi connectivity index (χ1v) is 6.52. The minimum absolute atomic E-state index is 0.150. The molecule has 0 saturated carbocycles. The van der Waals surface area contributed by atoms with E-state index in [2.05, 4.69) is 4.98 Å². The topological polar surface area (TPSA) is 39.2 Å². The molecule has 0 bridgehead atoms. The van der Waals surface area contributed by atoms with Crippen LogP contribution in [0.2, 0.25) is 0 Å². The highest BCUT2D eigenvalue weighted by molar-refractivity contribution is 6.00. The second-order valence-corrected chi connectivity index (χ2v) is 4.70. The van der Waals surface area contributed by atoms with Crippen LogP contribution in [-0.2, 0) is 13.0 Å². The molecule has 0 atom stereocenters. The van der Waals surface area contributed by atoms with Crippen LogP contribution < -0.4 is 4.74 Å². The number of pyridine rings is 1. The van der Waals surface area contributed by atoms with Crippen molar-refractivity contribution in [2.75, 3.05) is 0 Å². The van der Waals surface area contributed by atoms with Crippen LogP contribution in [-0.4, -0.2) is 10.8 Å². The van der Waals surface area contributed by atoms with Crippen LogP contribution in [0.25, 0.3) is 0 Å². The molecule has 3 rings (SSSR count). The number of Topliss-reactive ketones (excluding diaryl/α,β-unsaturated/α-hetero) is 1. The Labute approximate surface area is 112 Å². The number of aryl methyl sites for hydroxylation is 1. The molecule has 0 fully saturated rings. The Morgan fingerprint density at radius 2 is 1.95 bits per heavy atom. The Kier molecular flexibility index (Phi) is 3.27. The highest BCUT2D eigenvalue weighted by Gasteiger charge is 2.22. The van der Waals surface area contributed by atoms with Gasteiger partial charge in [0.25, 0.3) is 0 Å². The van der Waals surface area contributed by atoms with Crippen molar-refractivity contribution in [2.45, 2.75) is 25.9 Å². The Bertz CT molecular complexity index is 593. The first-order valence-electron chi connectivity index (χ1n) is 6.52. The molecule has 0 saturated heterocycles. The highest BCUT2D eigenvalue weighted by atomic mass is 16.5. The van der Waals surface area contributed by atoms with Crippen molar-refractivity contribution < 1.29 is 9.53 Å². The molecule has 1 aliphatic rings. The standard InChI is InChI=1S/C16H15NO2/c18-14-8-4-7-13-9-10-17-16(15(13)14)19-11-12-5-2-1-3-6-12/h1-3,5-6,9-10H,4,7-8,11H2. The smallest absolute Gasteiger partial charge is 0.224 e. The predicted molar refractivity (Wildman–Crippen MR) is 72.3 cm³/mol. The van der Waals surface area contributed by atoms with Crippen molar-refractivity contribution in [1.82, 2.24) is 4.98 Å². The lowest BCUT2D eigenvalue weighted by molar-refractivity contribution is 0.0966. The van der Waals surface area contributed by atoms with Gasteiger partial charge in [-0.1, -0.05) is 30.3 Å². The molecule has 0 aliphatic heterocycles. The molecule has 0 spiro atoms. The molecule has 3 heteroatoms. The number of carbonyl (C=O) groups is 1. The van der Waals surface area contributed by atoms with Crippen molar-refractivity contribution in [3.63, 3.8) is 0 Å². The fourth-order valence-electron chi connectivity index (χ4n) is 2.39. The molecular weight excluding hydrogens is 238 g/mol. The van der Waals surface area contributed by atoms with Crippen LogP contribution in [0.3, 0.4) is 0 Å². The van der Waals surface area contributed by atoms with Gasteiger partial charge in [-0.15, -0.1) is 0 Å². The van der Waals surface area contributed by atoms with Crippen LogP contribution >= 0.6 is 0 Å². The van der Waals surface area contributed by atoms with Gasteiger partial charge >= 0.3 is 0 Å². The monoisotopic (exact) mass is 253 g/mol. The summed E-state index contributed by atoms with van der Waals surface area (Å²) in [6.45, 7) is 0.442. The highest BCUT2D eigenvalue weighted by Crippen LogP contribution is 2.28. The molecule has 0 amide bonds. The molecule has 96 valence electrons. The normalized spacial score (nSPS) is 14.0. The summed E-state index contributed by atoms with van der Waals surface area (Å²) in [5, 5.41) is 0. The summed E-state index contributed by atoms with van der Waals surface area (Å²) in [5.41, 5.74) is 2.82. The molecule has 1 heterocycles. The summed E-state index contributed by atoms with van der Waals surface area (Å²) in [5.74, 6) is 0.628. The summed E-state index contributed by atoms with van der Waals surface area (Å²) in [6, 6.07) is 11.8. The summed E-state index contributed by atoms with van der Waals surface area (Å²) in [7, 11) is 0. The molecule has 0 N–H and O–H groups in total. The van der Waals surface area contributed by atoms with Gasteiger partial charge in [-0.05, 0) is 30.0 Å². The first-order chi connectivity index (χ1) is 9.34. The van der Waals surface area contributed by atoms with Crippen LogP contribution in [0.1, 0.15) is 34.3 Å². The molecule has 0 radical (unpaired) electrons. The number of rotatable bonds is 3. The molecule has 19 heavy (non-hydrogen) atoms. The van der Waals surface area contributed by atoms with Crippen LogP contribution in [0.4, 0.5) is 0 Å². The third kappa shape index (κ3) is 2.50. The second-order valence-electron chi connectivity index (χ2n) is 4.70. The number of ether oxygens (including phenoxy) is 1. The number of ketones is 1. The van der Waals surface area contributed by atoms with Crippen molar-refractivity contribution in [3.8, 4) is 5.88 Å². The average Bonchev–Trinajstić information content (AvgIpc) is 2.46. The van der Waals surface area contributed by atoms with Gasteiger partial charge in [-0.2, -0.15) is 0 Å². The number of nitrogens with zero attached hydrogens (tertiary/aromatic N) is 1. The molecule has 2 aromatic rings. The van der Waals surface area contributed by atoms with Crippen molar-refractivity contribution in [3.05, 3.63) is 59.3 Å². The Morgan fingerprint density at radius 1 is 1.11 bits per heavy atom. The van der Waals surface area contributed by atoms with Crippen molar-refractivity contribution in [2.24, 2.45) is 0 Å². The van der Waals surface area contributed by atoms with E-state index in [-0.39, 0.29) is 5.78 Å². The van der Waals surface area contributed by atoms with Gasteiger partial charge in [0.15, 0.2) is 5.78 Å². The van der Waals surface area contributed by atoms with E-state index in [1.807, 2.05) is 36.4 Å². The molecular formula is C16H15NO2. The zero-order chi connectivity index (χ0) is 13.1. The lowest BCUT2D eigenvalue weighted by Crippen LogP contribution is -2.14. The maximum Gasteiger partial charge on any atom is 0.224 e. The fourth-order valence-corrected chi connectivity index (χ4v) is 2.39. The van der Waals surface area contributed by atoms with E-state index < -0.39 is 0 Å².